The van der Waals surface area contributed by atoms with Gasteiger partial charge in [-0.25, -0.2) is 0 Å². The molecule has 146 valence electrons. The number of nitrogens with two attached hydrogens (primary N) is 1. The molecule has 1 aliphatic heterocycles. The Hall–Kier alpha value is -2.19. The van der Waals surface area contributed by atoms with Crippen LogP contribution >= 0.6 is 0 Å². The van der Waals surface area contributed by atoms with Crippen LogP contribution in [0, 0.1) is 0 Å². The fraction of sp³-hybridized carbons (Fsp3) is 0.632. The van der Waals surface area contributed by atoms with Gasteiger partial charge in [0, 0.05) is 44.7 Å². The number of amides is 1. The highest BCUT2D eigenvalue weighted by atomic mass is 16.3. The molecule has 0 bridgehead atoms. The van der Waals surface area contributed by atoms with Crippen LogP contribution in [-0.4, -0.2) is 62.7 Å². The topological polar surface area (TPSA) is 93.4 Å². The standard InChI is InChI=1S/C19H28N6O2/c1-2-25-17(21-22-18(25)15-10-16(20)11-15)12-23-5-3-6-24(8-7-23)19(26)14-4-9-27-13-14/h4,9,13,15-16H,2-3,5-8,10-12,20H2,1H3. The van der Waals surface area contributed by atoms with Crippen molar-refractivity contribution >= 4 is 5.91 Å². The van der Waals surface area contributed by atoms with Gasteiger partial charge in [0.05, 0.1) is 18.4 Å². The third-order valence-electron chi connectivity index (χ3n) is 5.72. The van der Waals surface area contributed by atoms with Crippen LogP contribution in [0.4, 0.5) is 0 Å². The van der Waals surface area contributed by atoms with Gasteiger partial charge in [-0.2, -0.15) is 0 Å². The average Bonchev–Trinajstić information content (AvgIpc) is 3.25. The van der Waals surface area contributed by atoms with Crippen LogP contribution in [0.5, 0.6) is 0 Å². The Morgan fingerprint density at radius 1 is 1.26 bits per heavy atom. The van der Waals surface area contributed by atoms with Gasteiger partial charge in [0.25, 0.3) is 5.91 Å². The van der Waals surface area contributed by atoms with Crippen molar-refractivity contribution in [3.8, 4) is 0 Å². The maximum atomic E-state index is 12.5. The van der Waals surface area contributed by atoms with Gasteiger partial charge in [0.2, 0.25) is 0 Å². The second kappa shape index (κ2) is 7.82. The Bertz CT molecular complexity index is 765. The fourth-order valence-electron chi connectivity index (χ4n) is 4.09. The Labute approximate surface area is 159 Å². The molecule has 8 heteroatoms. The van der Waals surface area contributed by atoms with E-state index >= 15 is 0 Å². The molecule has 2 aliphatic rings. The van der Waals surface area contributed by atoms with E-state index in [4.69, 9.17) is 10.2 Å². The van der Waals surface area contributed by atoms with E-state index in [2.05, 4.69) is 26.6 Å². The van der Waals surface area contributed by atoms with Crippen molar-refractivity contribution in [3.63, 3.8) is 0 Å². The molecule has 8 nitrogen and oxygen atoms in total. The van der Waals surface area contributed by atoms with Crippen LogP contribution < -0.4 is 5.73 Å². The third-order valence-corrected chi connectivity index (χ3v) is 5.72. The van der Waals surface area contributed by atoms with E-state index < -0.39 is 0 Å². The van der Waals surface area contributed by atoms with Gasteiger partial charge in [0.15, 0.2) is 0 Å². The second-order valence-electron chi connectivity index (χ2n) is 7.58. The van der Waals surface area contributed by atoms with Gasteiger partial charge in [0.1, 0.15) is 17.9 Å². The number of rotatable bonds is 5. The Kier molecular flexibility index (Phi) is 5.27. The van der Waals surface area contributed by atoms with Crippen molar-refractivity contribution in [2.45, 2.75) is 51.2 Å². The smallest absolute Gasteiger partial charge is 0.257 e. The van der Waals surface area contributed by atoms with Crippen LogP contribution in [0.15, 0.2) is 23.0 Å². The molecule has 2 N–H and O–H groups in total. The van der Waals surface area contributed by atoms with Gasteiger partial charge in [-0.05, 0) is 32.3 Å². The minimum absolute atomic E-state index is 0.0472. The van der Waals surface area contributed by atoms with E-state index in [9.17, 15) is 4.79 Å². The lowest BCUT2D eigenvalue weighted by Gasteiger charge is -2.31. The van der Waals surface area contributed by atoms with Crippen molar-refractivity contribution < 1.29 is 9.21 Å². The monoisotopic (exact) mass is 372 g/mol. The Morgan fingerprint density at radius 3 is 2.81 bits per heavy atom. The predicted molar refractivity (Wildman–Crippen MR) is 100 cm³/mol. The molecule has 27 heavy (non-hydrogen) atoms. The number of nitrogens with zero attached hydrogens (tertiary/aromatic N) is 5. The van der Waals surface area contributed by atoms with Crippen molar-refractivity contribution in [2.24, 2.45) is 5.73 Å². The van der Waals surface area contributed by atoms with Crippen LogP contribution in [0.25, 0.3) is 0 Å². The van der Waals surface area contributed by atoms with Gasteiger partial charge >= 0.3 is 0 Å². The fourth-order valence-corrected chi connectivity index (χ4v) is 4.09. The summed E-state index contributed by atoms with van der Waals surface area (Å²) in [6, 6.07) is 2.03. The van der Waals surface area contributed by atoms with E-state index in [0.29, 0.717) is 24.1 Å². The molecule has 0 radical (unpaired) electrons. The van der Waals surface area contributed by atoms with Crippen molar-refractivity contribution in [1.29, 1.82) is 0 Å². The maximum absolute atomic E-state index is 12.5. The first-order valence-corrected chi connectivity index (χ1v) is 9.87. The lowest BCUT2D eigenvalue weighted by Crippen LogP contribution is -2.36. The summed E-state index contributed by atoms with van der Waals surface area (Å²) >= 11 is 0. The van der Waals surface area contributed by atoms with Crippen molar-refractivity contribution in [3.05, 3.63) is 35.8 Å². The number of hydrogen-bond donors (Lipinski definition) is 1. The largest absolute Gasteiger partial charge is 0.472 e. The van der Waals surface area contributed by atoms with Crippen LogP contribution in [-0.2, 0) is 13.1 Å². The van der Waals surface area contributed by atoms with Gasteiger partial charge in [-0.15, -0.1) is 10.2 Å². The highest BCUT2D eigenvalue weighted by Gasteiger charge is 2.32. The quantitative estimate of drug-likeness (QED) is 0.854. The first-order chi connectivity index (χ1) is 13.2. The molecule has 4 rings (SSSR count). The number of aromatic nitrogens is 3. The molecule has 1 amide bonds. The first-order valence-electron chi connectivity index (χ1n) is 9.87. The van der Waals surface area contributed by atoms with Gasteiger partial charge in [-0.1, -0.05) is 0 Å². The summed E-state index contributed by atoms with van der Waals surface area (Å²) in [6.07, 6.45) is 6.03. The van der Waals surface area contributed by atoms with Gasteiger partial charge in [-0.3, -0.25) is 9.69 Å². The molecule has 0 spiro atoms. The third kappa shape index (κ3) is 3.77. The van der Waals surface area contributed by atoms with Crippen LogP contribution in [0.1, 0.15) is 54.1 Å². The maximum Gasteiger partial charge on any atom is 0.257 e. The predicted octanol–water partition coefficient (Wildman–Crippen LogP) is 1.44. The number of carbonyl (C=O) groups excluding carboxylic acids is 1. The summed E-state index contributed by atoms with van der Waals surface area (Å²) in [7, 11) is 0. The molecule has 0 atom stereocenters. The Balaban J connectivity index is 1.38. The second-order valence-corrected chi connectivity index (χ2v) is 7.58. The summed E-state index contributed by atoms with van der Waals surface area (Å²) in [5, 5.41) is 8.94. The highest BCUT2D eigenvalue weighted by molar-refractivity contribution is 5.93. The van der Waals surface area contributed by atoms with Gasteiger partial charge < -0.3 is 19.6 Å². The minimum atomic E-state index is 0.0472. The highest BCUT2D eigenvalue weighted by Crippen LogP contribution is 2.34. The zero-order valence-electron chi connectivity index (χ0n) is 15.9. The van der Waals surface area contributed by atoms with E-state index in [1.807, 2.05) is 4.90 Å². The van der Waals surface area contributed by atoms with E-state index in [0.717, 1.165) is 63.6 Å². The SMILES string of the molecule is CCn1c(CN2CCCN(C(=O)c3ccoc3)CC2)nnc1C1CC(N)C1. The molecule has 1 saturated heterocycles. The molecular weight excluding hydrogens is 344 g/mol. The summed E-state index contributed by atoms with van der Waals surface area (Å²) in [5.41, 5.74) is 6.56. The molecule has 2 fully saturated rings. The molecule has 0 aromatic carbocycles. The molecule has 2 aromatic rings. The molecule has 1 saturated carbocycles. The molecular formula is C19H28N6O2. The zero-order valence-corrected chi connectivity index (χ0v) is 15.9. The first kappa shape index (κ1) is 18.2. The lowest BCUT2D eigenvalue weighted by atomic mass is 9.80. The lowest BCUT2D eigenvalue weighted by molar-refractivity contribution is 0.0760. The normalized spacial score (nSPS) is 23.9. The zero-order chi connectivity index (χ0) is 18.8. The van der Waals surface area contributed by atoms with Crippen LogP contribution in [0.3, 0.4) is 0 Å². The summed E-state index contributed by atoms with van der Waals surface area (Å²) in [5.74, 6) is 2.60. The number of furan rings is 1. The molecule has 1 aliphatic carbocycles. The molecule has 0 unspecified atom stereocenters. The van der Waals surface area contributed by atoms with E-state index in [1.165, 1.54) is 6.26 Å². The van der Waals surface area contributed by atoms with E-state index in [1.54, 1.807) is 12.3 Å². The van der Waals surface area contributed by atoms with E-state index in [-0.39, 0.29) is 5.91 Å². The van der Waals surface area contributed by atoms with Crippen molar-refractivity contribution in [1.82, 2.24) is 24.6 Å². The summed E-state index contributed by atoms with van der Waals surface area (Å²) in [4.78, 5) is 16.8. The molecule has 3 heterocycles. The number of hydrogen-bond acceptors (Lipinski definition) is 6. The van der Waals surface area contributed by atoms with Crippen molar-refractivity contribution in [2.75, 3.05) is 26.2 Å². The number of carbonyl (C=O) groups is 1. The Morgan fingerprint density at radius 2 is 2.11 bits per heavy atom. The summed E-state index contributed by atoms with van der Waals surface area (Å²) in [6.45, 7) is 7.07. The summed E-state index contributed by atoms with van der Waals surface area (Å²) < 4.78 is 7.29. The average molecular weight is 372 g/mol. The van der Waals surface area contributed by atoms with Crippen LogP contribution in [0.2, 0.25) is 0 Å². The minimum Gasteiger partial charge on any atom is -0.472 e. The molecule has 2 aromatic heterocycles.